The van der Waals surface area contributed by atoms with Crippen molar-refractivity contribution in [3.8, 4) is 0 Å². The molecule has 0 heterocycles. The van der Waals surface area contributed by atoms with Gasteiger partial charge < -0.3 is 24.4 Å². The Balaban J connectivity index is 3.28. The quantitative estimate of drug-likeness (QED) is 0.474. The molecule has 5 nitrogen and oxygen atoms in total. The first-order valence-corrected chi connectivity index (χ1v) is 5.34. The third kappa shape index (κ3) is 10.1. The molecule has 0 saturated heterocycles. The van der Waals surface area contributed by atoms with Crippen molar-refractivity contribution >= 4 is 0 Å². The largest absolute Gasteiger partial charge is 0.394 e. The van der Waals surface area contributed by atoms with Crippen LogP contribution in [0.3, 0.4) is 0 Å². The maximum atomic E-state index is 8.94. The van der Waals surface area contributed by atoms with Gasteiger partial charge in [-0.15, -0.1) is 0 Å². The molecule has 0 amide bonds. The predicted molar refractivity (Wildman–Crippen MR) is 55.8 cm³/mol. The standard InChI is InChI=1S/C10H22O5/c1-2-4-14-9-10(8-12)15-7-6-13-5-3-11/h10-12H,2-9H2,1H3. The van der Waals surface area contributed by atoms with Crippen molar-refractivity contribution in [1.82, 2.24) is 0 Å². The Hall–Kier alpha value is -0.200. The van der Waals surface area contributed by atoms with Gasteiger partial charge in [-0.25, -0.2) is 0 Å². The molecule has 92 valence electrons. The van der Waals surface area contributed by atoms with Crippen LogP contribution < -0.4 is 0 Å². The fraction of sp³-hybridized carbons (Fsp3) is 1.00. The first-order valence-electron chi connectivity index (χ1n) is 5.34. The molecule has 1 unspecified atom stereocenters. The van der Waals surface area contributed by atoms with Crippen molar-refractivity contribution in [2.75, 3.05) is 46.2 Å². The number of aliphatic hydroxyl groups is 2. The third-order valence-corrected chi connectivity index (χ3v) is 1.67. The van der Waals surface area contributed by atoms with Crippen LogP contribution in [-0.2, 0) is 14.2 Å². The second kappa shape index (κ2) is 11.9. The minimum absolute atomic E-state index is 0.0169. The third-order valence-electron chi connectivity index (χ3n) is 1.67. The lowest BCUT2D eigenvalue weighted by Gasteiger charge is -2.15. The number of hydrogen-bond donors (Lipinski definition) is 2. The summed E-state index contributed by atoms with van der Waals surface area (Å²) in [7, 11) is 0. The lowest BCUT2D eigenvalue weighted by atomic mass is 10.4. The number of ether oxygens (including phenoxy) is 3. The Kier molecular flexibility index (Phi) is 11.7. The molecule has 0 aromatic carbocycles. The second-order valence-corrected chi connectivity index (χ2v) is 3.09. The van der Waals surface area contributed by atoms with Crippen LogP contribution in [0.25, 0.3) is 0 Å². The highest BCUT2D eigenvalue weighted by molar-refractivity contribution is 4.53. The van der Waals surface area contributed by atoms with E-state index in [4.69, 9.17) is 24.4 Å². The SMILES string of the molecule is CCCOCC(CO)OCCOCCO. The first-order chi connectivity index (χ1) is 7.35. The van der Waals surface area contributed by atoms with Crippen molar-refractivity contribution < 1.29 is 24.4 Å². The zero-order valence-corrected chi connectivity index (χ0v) is 9.35. The van der Waals surface area contributed by atoms with Crippen molar-refractivity contribution in [2.45, 2.75) is 19.4 Å². The zero-order chi connectivity index (χ0) is 11.4. The van der Waals surface area contributed by atoms with Crippen molar-refractivity contribution in [3.63, 3.8) is 0 Å². The summed E-state index contributed by atoms with van der Waals surface area (Å²) in [5.74, 6) is 0. The van der Waals surface area contributed by atoms with E-state index in [-0.39, 0.29) is 19.3 Å². The molecule has 1 atom stereocenters. The van der Waals surface area contributed by atoms with Crippen LogP contribution in [0.2, 0.25) is 0 Å². The molecule has 0 radical (unpaired) electrons. The summed E-state index contributed by atoms with van der Waals surface area (Å²) < 4.78 is 15.6. The van der Waals surface area contributed by atoms with Gasteiger partial charge in [0.2, 0.25) is 0 Å². The van der Waals surface area contributed by atoms with Gasteiger partial charge in [-0.05, 0) is 6.42 Å². The summed E-state index contributed by atoms with van der Waals surface area (Å²) >= 11 is 0. The van der Waals surface area contributed by atoms with E-state index in [9.17, 15) is 0 Å². The molecule has 0 aromatic heterocycles. The Morgan fingerprint density at radius 2 is 1.80 bits per heavy atom. The van der Waals surface area contributed by atoms with E-state index in [1.54, 1.807) is 0 Å². The van der Waals surface area contributed by atoms with Gasteiger partial charge >= 0.3 is 0 Å². The van der Waals surface area contributed by atoms with E-state index in [0.717, 1.165) is 6.42 Å². The minimum Gasteiger partial charge on any atom is -0.394 e. The second-order valence-electron chi connectivity index (χ2n) is 3.09. The molecule has 0 aliphatic carbocycles. The first kappa shape index (κ1) is 14.8. The molecule has 0 fully saturated rings. The van der Waals surface area contributed by atoms with Crippen molar-refractivity contribution in [2.24, 2.45) is 0 Å². The highest BCUT2D eigenvalue weighted by atomic mass is 16.6. The fourth-order valence-corrected chi connectivity index (χ4v) is 0.953. The summed E-state index contributed by atoms with van der Waals surface area (Å²) in [5.41, 5.74) is 0. The van der Waals surface area contributed by atoms with Crippen LogP contribution in [0.1, 0.15) is 13.3 Å². The average Bonchev–Trinajstić information content (AvgIpc) is 2.26. The van der Waals surface area contributed by atoms with Gasteiger partial charge in [0.1, 0.15) is 6.10 Å². The topological polar surface area (TPSA) is 68.2 Å². The molecule has 0 saturated carbocycles. The Morgan fingerprint density at radius 1 is 1.00 bits per heavy atom. The van der Waals surface area contributed by atoms with E-state index in [1.165, 1.54) is 0 Å². The molecule has 2 N–H and O–H groups in total. The monoisotopic (exact) mass is 222 g/mol. The number of rotatable bonds is 11. The van der Waals surface area contributed by atoms with Gasteiger partial charge in [-0.1, -0.05) is 6.92 Å². The van der Waals surface area contributed by atoms with Crippen LogP contribution >= 0.6 is 0 Å². The summed E-state index contributed by atoms with van der Waals surface area (Å²) in [6.45, 7) is 4.22. The zero-order valence-electron chi connectivity index (χ0n) is 9.35. The molecule has 0 rings (SSSR count). The minimum atomic E-state index is -0.283. The fourth-order valence-electron chi connectivity index (χ4n) is 0.953. The highest BCUT2D eigenvalue weighted by Crippen LogP contribution is 1.93. The Morgan fingerprint density at radius 3 is 2.40 bits per heavy atom. The lowest BCUT2D eigenvalue weighted by molar-refractivity contribution is -0.0604. The summed E-state index contributed by atoms with van der Waals surface area (Å²) in [5, 5.41) is 17.4. The molecular formula is C10H22O5. The van der Waals surface area contributed by atoms with Gasteiger partial charge in [0, 0.05) is 6.61 Å². The molecule has 0 aromatic rings. The molecule has 0 aliphatic heterocycles. The Bertz CT molecular complexity index is 120. The lowest BCUT2D eigenvalue weighted by Crippen LogP contribution is -2.26. The van der Waals surface area contributed by atoms with Crippen molar-refractivity contribution in [1.29, 1.82) is 0 Å². The molecule has 0 spiro atoms. The number of aliphatic hydroxyl groups excluding tert-OH is 2. The van der Waals surface area contributed by atoms with Gasteiger partial charge in [-0.2, -0.15) is 0 Å². The molecule has 15 heavy (non-hydrogen) atoms. The van der Waals surface area contributed by atoms with Crippen LogP contribution in [0.15, 0.2) is 0 Å². The highest BCUT2D eigenvalue weighted by Gasteiger charge is 2.07. The van der Waals surface area contributed by atoms with E-state index >= 15 is 0 Å². The van der Waals surface area contributed by atoms with E-state index in [2.05, 4.69) is 0 Å². The normalized spacial score (nSPS) is 13.0. The van der Waals surface area contributed by atoms with Gasteiger partial charge in [0.15, 0.2) is 0 Å². The van der Waals surface area contributed by atoms with Crippen LogP contribution in [0.5, 0.6) is 0 Å². The summed E-state index contributed by atoms with van der Waals surface area (Å²) in [4.78, 5) is 0. The smallest absolute Gasteiger partial charge is 0.104 e. The maximum absolute atomic E-state index is 8.94. The summed E-state index contributed by atoms with van der Waals surface area (Å²) in [6.07, 6.45) is 0.673. The Labute approximate surface area is 91.0 Å². The van der Waals surface area contributed by atoms with E-state index in [1.807, 2.05) is 6.92 Å². The van der Waals surface area contributed by atoms with Crippen LogP contribution in [0, 0.1) is 0 Å². The van der Waals surface area contributed by atoms with Crippen LogP contribution in [0.4, 0.5) is 0 Å². The van der Waals surface area contributed by atoms with Gasteiger partial charge in [0.25, 0.3) is 0 Å². The average molecular weight is 222 g/mol. The van der Waals surface area contributed by atoms with Crippen molar-refractivity contribution in [3.05, 3.63) is 0 Å². The summed E-state index contributed by atoms with van der Waals surface area (Å²) in [6, 6.07) is 0. The van der Waals surface area contributed by atoms with Gasteiger partial charge in [0.05, 0.1) is 39.6 Å². The molecule has 5 heteroatoms. The predicted octanol–water partition coefficient (Wildman–Crippen LogP) is -0.201. The van der Waals surface area contributed by atoms with E-state index in [0.29, 0.717) is 33.0 Å². The van der Waals surface area contributed by atoms with Crippen LogP contribution in [-0.4, -0.2) is 62.6 Å². The molecule has 0 bridgehead atoms. The molecular weight excluding hydrogens is 200 g/mol. The van der Waals surface area contributed by atoms with Gasteiger partial charge in [-0.3, -0.25) is 0 Å². The number of hydrogen-bond acceptors (Lipinski definition) is 5. The maximum Gasteiger partial charge on any atom is 0.104 e. The molecule has 0 aliphatic rings. The van der Waals surface area contributed by atoms with E-state index < -0.39 is 0 Å².